The molecular weight excluding hydrogens is 216 g/mol. The van der Waals surface area contributed by atoms with Gasteiger partial charge in [0.15, 0.2) is 0 Å². The molecule has 3 heteroatoms. The van der Waals surface area contributed by atoms with Crippen molar-refractivity contribution in [2.24, 2.45) is 5.73 Å². The van der Waals surface area contributed by atoms with E-state index in [1.165, 1.54) is 36.6 Å². The van der Waals surface area contributed by atoms with E-state index in [2.05, 4.69) is 47.0 Å². The fraction of sp³-hybridized carbons (Fsp3) is 0.538. The summed E-state index contributed by atoms with van der Waals surface area (Å²) in [6, 6.07) is 11.1. The summed E-state index contributed by atoms with van der Waals surface area (Å²) in [6.45, 7) is 3.07. The standard InChI is InChI=1S/C13H20N2S/c14-11-13(12-5-2-1-3-6-12)15-7-4-9-16-10-8-15/h1-3,5-6,13H,4,7-11,14H2. The molecule has 1 aromatic rings. The molecule has 88 valence electrons. The van der Waals surface area contributed by atoms with Crippen LogP contribution in [-0.4, -0.2) is 36.0 Å². The first-order chi connectivity index (χ1) is 7.92. The number of nitrogens with zero attached hydrogens (tertiary/aromatic N) is 1. The second kappa shape index (κ2) is 6.28. The molecule has 2 rings (SSSR count). The summed E-state index contributed by atoms with van der Waals surface area (Å²) in [7, 11) is 0. The van der Waals surface area contributed by atoms with Gasteiger partial charge >= 0.3 is 0 Å². The molecule has 2 nitrogen and oxygen atoms in total. The summed E-state index contributed by atoms with van der Waals surface area (Å²) < 4.78 is 0. The third kappa shape index (κ3) is 3.00. The van der Waals surface area contributed by atoms with Crippen LogP contribution in [0.15, 0.2) is 30.3 Å². The Morgan fingerprint density at radius 3 is 2.75 bits per heavy atom. The molecule has 0 saturated carbocycles. The fourth-order valence-corrected chi connectivity index (χ4v) is 3.15. The van der Waals surface area contributed by atoms with E-state index in [-0.39, 0.29) is 0 Å². The van der Waals surface area contributed by atoms with Gasteiger partial charge in [0.25, 0.3) is 0 Å². The van der Waals surface area contributed by atoms with E-state index in [1.807, 2.05) is 0 Å². The van der Waals surface area contributed by atoms with Gasteiger partial charge < -0.3 is 5.73 Å². The SMILES string of the molecule is NCC(c1ccccc1)N1CCCSCC1. The van der Waals surface area contributed by atoms with E-state index in [1.54, 1.807) is 0 Å². The van der Waals surface area contributed by atoms with Gasteiger partial charge in [-0.25, -0.2) is 0 Å². The van der Waals surface area contributed by atoms with Gasteiger partial charge in [-0.1, -0.05) is 30.3 Å². The van der Waals surface area contributed by atoms with Gasteiger partial charge in [0.2, 0.25) is 0 Å². The molecule has 1 atom stereocenters. The predicted molar refractivity (Wildman–Crippen MR) is 71.8 cm³/mol. The molecule has 1 fully saturated rings. The molecular formula is C13H20N2S. The van der Waals surface area contributed by atoms with Crippen LogP contribution in [0.2, 0.25) is 0 Å². The fourth-order valence-electron chi connectivity index (χ4n) is 2.25. The second-order valence-corrected chi connectivity index (χ2v) is 5.39. The largest absolute Gasteiger partial charge is 0.329 e. The van der Waals surface area contributed by atoms with E-state index in [9.17, 15) is 0 Å². The molecule has 1 unspecified atom stereocenters. The Morgan fingerprint density at radius 1 is 1.19 bits per heavy atom. The lowest BCUT2D eigenvalue weighted by Gasteiger charge is -2.29. The number of nitrogens with two attached hydrogens (primary N) is 1. The molecule has 1 aromatic carbocycles. The zero-order valence-corrected chi connectivity index (χ0v) is 10.5. The van der Waals surface area contributed by atoms with Crippen LogP contribution in [0, 0.1) is 0 Å². The number of benzene rings is 1. The molecule has 16 heavy (non-hydrogen) atoms. The average Bonchev–Trinajstić information content (AvgIpc) is 2.61. The van der Waals surface area contributed by atoms with Crippen molar-refractivity contribution < 1.29 is 0 Å². The highest BCUT2D eigenvalue weighted by atomic mass is 32.2. The molecule has 1 aliphatic rings. The van der Waals surface area contributed by atoms with Crippen molar-refractivity contribution in [2.75, 3.05) is 31.1 Å². The lowest BCUT2D eigenvalue weighted by atomic mass is 10.1. The van der Waals surface area contributed by atoms with E-state index >= 15 is 0 Å². The first-order valence-corrected chi connectivity index (χ1v) is 7.14. The van der Waals surface area contributed by atoms with E-state index in [0.29, 0.717) is 12.6 Å². The summed E-state index contributed by atoms with van der Waals surface area (Å²) in [5.74, 6) is 2.53. The summed E-state index contributed by atoms with van der Waals surface area (Å²) in [4.78, 5) is 2.54. The predicted octanol–water partition coefficient (Wildman–Crippen LogP) is 2.13. The van der Waals surface area contributed by atoms with Gasteiger partial charge in [0.05, 0.1) is 0 Å². The smallest absolute Gasteiger partial charge is 0.0470 e. The zero-order chi connectivity index (χ0) is 11.2. The van der Waals surface area contributed by atoms with Gasteiger partial charge in [0, 0.05) is 24.9 Å². The first kappa shape index (κ1) is 12.0. The monoisotopic (exact) mass is 236 g/mol. The minimum absolute atomic E-state index is 0.403. The number of hydrogen-bond acceptors (Lipinski definition) is 3. The third-order valence-electron chi connectivity index (χ3n) is 3.11. The van der Waals surface area contributed by atoms with Crippen LogP contribution in [-0.2, 0) is 0 Å². The van der Waals surface area contributed by atoms with Crippen molar-refractivity contribution in [3.05, 3.63) is 35.9 Å². The van der Waals surface area contributed by atoms with Crippen LogP contribution >= 0.6 is 11.8 Å². The Hall–Kier alpha value is -0.510. The summed E-state index contributed by atoms with van der Waals surface area (Å²) in [5.41, 5.74) is 7.30. The number of hydrogen-bond donors (Lipinski definition) is 1. The van der Waals surface area contributed by atoms with E-state index in [0.717, 1.165) is 0 Å². The molecule has 2 N–H and O–H groups in total. The Morgan fingerprint density at radius 2 is 2.00 bits per heavy atom. The van der Waals surface area contributed by atoms with Gasteiger partial charge in [0.1, 0.15) is 0 Å². The maximum absolute atomic E-state index is 5.94. The molecule has 0 aromatic heterocycles. The topological polar surface area (TPSA) is 29.3 Å². The number of rotatable bonds is 3. The lowest BCUT2D eigenvalue weighted by molar-refractivity contribution is 0.218. The molecule has 0 bridgehead atoms. The normalized spacial score (nSPS) is 20.3. The van der Waals surface area contributed by atoms with Crippen LogP contribution in [0.25, 0.3) is 0 Å². The molecule has 1 aliphatic heterocycles. The Balaban J connectivity index is 2.09. The quantitative estimate of drug-likeness (QED) is 0.871. The van der Waals surface area contributed by atoms with Crippen LogP contribution in [0.3, 0.4) is 0 Å². The highest BCUT2D eigenvalue weighted by Crippen LogP contribution is 2.22. The van der Waals surface area contributed by atoms with Crippen LogP contribution in [0.4, 0.5) is 0 Å². The lowest BCUT2D eigenvalue weighted by Crippen LogP contribution is -2.35. The number of thioether (sulfide) groups is 1. The van der Waals surface area contributed by atoms with Crippen molar-refractivity contribution >= 4 is 11.8 Å². The van der Waals surface area contributed by atoms with Gasteiger partial charge in [-0.05, 0) is 24.3 Å². The van der Waals surface area contributed by atoms with Crippen molar-refractivity contribution in [1.29, 1.82) is 0 Å². The highest BCUT2D eigenvalue weighted by Gasteiger charge is 2.19. The molecule has 1 heterocycles. The van der Waals surface area contributed by atoms with E-state index < -0.39 is 0 Å². The molecule has 0 radical (unpaired) electrons. The van der Waals surface area contributed by atoms with Crippen LogP contribution in [0.1, 0.15) is 18.0 Å². The summed E-state index contributed by atoms with van der Waals surface area (Å²) >= 11 is 2.06. The van der Waals surface area contributed by atoms with Crippen LogP contribution in [0.5, 0.6) is 0 Å². The van der Waals surface area contributed by atoms with Gasteiger partial charge in [-0.3, -0.25) is 4.90 Å². The van der Waals surface area contributed by atoms with Crippen molar-refractivity contribution in [2.45, 2.75) is 12.5 Å². The Bertz CT molecular complexity index is 294. The van der Waals surface area contributed by atoms with Crippen molar-refractivity contribution in [1.82, 2.24) is 4.90 Å². The van der Waals surface area contributed by atoms with E-state index in [4.69, 9.17) is 5.73 Å². The van der Waals surface area contributed by atoms with Crippen molar-refractivity contribution in [3.8, 4) is 0 Å². The maximum atomic E-state index is 5.94. The Labute approximate surface area is 102 Å². The third-order valence-corrected chi connectivity index (χ3v) is 4.15. The maximum Gasteiger partial charge on any atom is 0.0470 e. The molecule has 1 saturated heterocycles. The second-order valence-electron chi connectivity index (χ2n) is 4.16. The average molecular weight is 236 g/mol. The minimum Gasteiger partial charge on any atom is -0.329 e. The highest BCUT2D eigenvalue weighted by molar-refractivity contribution is 7.99. The van der Waals surface area contributed by atoms with Crippen molar-refractivity contribution in [3.63, 3.8) is 0 Å². The molecule has 0 amide bonds. The van der Waals surface area contributed by atoms with Crippen LogP contribution < -0.4 is 5.73 Å². The minimum atomic E-state index is 0.403. The summed E-state index contributed by atoms with van der Waals surface area (Å²) in [5, 5.41) is 0. The molecule has 0 aliphatic carbocycles. The zero-order valence-electron chi connectivity index (χ0n) is 9.64. The molecule has 0 spiro atoms. The summed E-state index contributed by atoms with van der Waals surface area (Å²) in [6.07, 6.45) is 1.29. The van der Waals surface area contributed by atoms with Gasteiger partial charge in [-0.2, -0.15) is 11.8 Å². The van der Waals surface area contributed by atoms with Gasteiger partial charge in [-0.15, -0.1) is 0 Å². The Kier molecular flexibility index (Phi) is 4.69. The first-order valence-electron chi connectivity index (χ1n) is 5.98.